The maximum absolute atomic E-state index is 13.2. The highest BCUT2D eigenvalue weighted by Gasteiger charge is 2.34. The summed E-state index contributed by atoms with van der Waals surface area (Å²) < 4.78 is 5.23. The summed E-state index contributed by atoms with van der Waals surface area (Å²) in [5, 5.41) is 21.8. The highest BCUT2D eigenvalue weighted by Crippen LogP contribution is 2.10. The molecule has 5 atom stereocenters. The van der Waals surface area contributed by atoms with Crippen LogP contribution in [0.2, 0.25) is 0 Å². The first kappa shape index (κ1) is 40.5. The Balaban J connectivity index is 2.91. The summed E-state index contributed by atoms with van der Waals surface area (Å²) in [5.74, 6) is -6.91. The van der Waals surface area contributed by atoms with E-state index in [0.717, 1.165) is 5.56 Å². The van der Waals surface area contributed by atoms with Gasteiger partial charge in [0, 0.05) is 0 Å². The van der Waals surface area contributed by atoms with Gasteiger partial charge < -0.3 is 36.4 Å². The number of hydrogen-bond donors (Lipinski definition) is 6. The summed E-state index contributed by atoms with van der Waals surface area (Å²) in [4.78, 5) is 89.2. The van der Waals surface area contributed by atoms with Crippen molar-refractivity contribution in [2.45, 2.75) is 106 Å². The lowest BCUT2D eigenvalue weighted by Gasteiger charge is -2.28. The Hall–Kier alpha value is -4.49. The van der Waals surface area contributed by atoms with Crippen LogP contribution in [-0.4, -0.2) is 76.8 Å². The quantitative estimate of drug-likeness (QED) is 0.127. The van der Waals surface area contributed by atoms with Crippen LogP contribution in [0.5, 0.6) is 0 Å². The van der Waals surface area contributed by atoms with Crippen LogP contribution in [0.25, 0.3) is 0 Å². The third-order valence-electron chi connectivity index (χ3n) is 7.22. The second-order valence-corrected chi connectivity index (χ2v) is 13.0. The van der Waals surface area contributed by atoms with E-state index >= 15 is 0 Å². The van der Waals surface area contributed by atoms with E-state index in [9.17, 15) is 38.7 Å². The number of carboxylic acid groups (broad SMARTS) is 1. The average molecular weight is 662 g/mol. The number of alkyl carbamates (subject to hydrolysis) is 1. The lowest BCUT2D eigenvalue weighted by atomic mass is 9.99. The van der Waals surface area contributed by atoms with Gasteiger partial charge in [-0.3, -0.25) is 24.0 Å². The van der Waals surface area contributed by atoms with Crippen LogP contribution in [0.15, 0.2) is 30.3 Å². The van der Waals surface area contributed by atoms with Gasteiger partial charge in [-0.05, 0) is 42.6 Å². The molecule has 47 heavy (non-hydrogen) atoms. The first-order chi connectivity index (χ1) is 21.8. The number of carbonyl (C=O) groups is 7. The number of ether oxygens (including phenoxy) is 1. The maximum atomic E-state index is 13.2. The monoisotopic (exact) mass is 661 g/mol. The standard InChI is InChI=1S/C33H51N5O9/c1-17(2)15-23(28(40)37-26(20(7)8)32(44)45)35-31(43)27(39)21(9)34-29(41)24(18(3)4)36-30(42)25(19(5)6)38-33(46)47-16-22-13-11-10-12-14-22/h10-14,17-21,23-26H,15-16H2,1-9H3,(H,34,41)(H,35,43)(H,36,42)(H,37,40)(H,38,46)(H,44,45)/t21?,23-,24+,25+,26+/m1/s1. The van der Waals surface area contributed by atoms with E-state index in [1.54, 1.807) is 79.7 Å². The number of amides is 5. The molecule has 1 rings (SSSR count). The van der Waals surface area contributed by atoms with Gasteiger partial charge >= 0.3 is 12.1 Å². The third-order valence-corrected chi connectivity index (χ3v) is 7.22. The number of benzene rings is 1. The minimum Gasteiger partial charge on any atom is -0.480 e. The normalized spacial score (nSPS) is 14.4. The molecular formula is C33H51N5O9. The van der Waals surface area contributed by atoms with Crippen LogP contribution < -0.4 is 26.6 Å². The van der Waals surface area contributed by atoms with Gasteiger partial charge in [0.2, 0.25) is 23.5 Å². The molecule has 1 unspecified atom stereocenters. The van der Waals surface area contributed by atoms with Crippen molar-refractivity contribution in [3.05, 3.63) is 35.9 Å². The molecule has 6 N–H and O–H groups in total. The SMILES string of the molecule is CC(C)C[C@@H](NC(=O)C(=O)C(C)NC(=O)[C@@H](NC(=O)[C@@H](NC(=O)OCc1ccccc1)C(C)C)C(C)C)C(=O)N[C@H](C(=O)O)C(C)C. The third kappa shape index (κ3) is 13.8. The van der Waals surface area contributed by atoms with Crippen LogP contribution >= 0.6 is 0 Å². The average Bonchev–Trinajstić information content (AvgIpc) is 2.98. The van der Waals surface area contributed by atoms with E-state index in [1.165, 1.54) is 6.92 Å². The number of ketones is 1. The molecule has 14 heteroatoms. The van der Waals surface area contributed by atoms with Gasteiger partial charge in [-0.2, -0.15) is 0 Å². The van der Waals surface area contributed by atoms with Gasteiger partial charge in [-0.15, -0.1) is 0 Å². The Kier molecular flexibility index (Phi) is 16.6. The van der Waals surface area contributed by atoms with Crippen LogP contribution in [-0.2, 0) is 40.1 Å². The van der Waals surface area contributed by atoms with Crippen molar-refractivity contribution >= 4 is 41.5 Å². The van der Waals surface area contributed by atoms with Crippen LogP contribution in [0.4, 0.5) is 4.79 Å². The molecule has 1 aromatic rings. The van der Waals surface area contributed by atoms with E-state index in [1.807, 2.05) is 6.07 Å². The summed E-state index contributed by atoms with van der Waals surface area (Å²) in [5.41, 5.74) is 0.763. The molecule has 0 aliphatic heterocycles. The number of carboxylic acids is 1. The van der Waals surface area contributed by atoms with E-state index < -0.39 is 83.5 Å². The minimum atomic E-state index is -1.34. The second kappa shape index (κ2) is 19.2. The fourth-order valence-electron chi connectivity index (χ4n) is 4.47. The number of Topliss-reactive ketones (excluding diaryl/α,β-unsaturated/α-hetero) is 1. The van der Waals surface area contributed by atoms with Crippen molar-refractivity contribution in [2.24, 2.45) is 23.7 Å². The molecular weight excluding hydrogens is 610 g/mol. The predicted molar refractivity (Wildman–Crippen MR) is 174 cm³/mol. The van der Waals surface area contributed by atoms with Gasteiger partial charge in [-0.1, -0.05) is 85.7 Å². The molecule has 5 amide bonds. The second-order valence-electron chi connectivity index (χ2n) is 13.0. The summed E-state index contributed by atoms with van der Waals surface area (Å²) in [6.45, 7) is 14.9. The zero-order chi connectivity index (χ0) is 36.0. The Morgan fingerprint density at radius 2 is 1.13 bits per heavy atom. The first-order valence-electron chi connectivity index (χ1n) is 15.8. The Labute approximate surface area is 276 Å². The zero-order valence-corrected chi connectivity index (χ0v) is 28.7. The summed E-state index contributed by atoms with van der Waals surface area (Å²) in [7, 11) is 0. The topological polar surface area (TPSA) is 209 Å². The van der Waals surface area contributed by atoms with Gasteiger partial charge in [0.05, 0.1) is 6.04 Å². The molecule has 0 aliphatic rings. The Morgan fingerprint density at radius 3 is 1.62 bits per heavy atom. The molecule has 0 aliphatic carbocycles. The van der Waals surface area contributed by atoms with E-state index in [4.69, 9.17) is 4.74 Å². The lowest BCUT2D eigenvalue weighted by Crippen LogP contribution is -2.59. The molecule has 0 bridgehead atoms. The van der Waals surface area contributed by atoms with Crippen molar-refractivity contribution in [3.63, 3.8) is 0 Å². The van der Waals surface area contributed by atoms with Crippen LogP contribution in [0.3, 0.4) is 0 Å². The zero-order valence-electron chi connectivity index (χ0n) is 28.7. The first-order valence-corrected chi connectivity index (χ1v) is 15.8. The summed E-state index contributed by atoms with van der Waals surface area (Å²) >= 11 is 0. The number of rotatable bonds is 18. The van der Waals surface area contributed by atoms with Gasteiger partial charge in [0.15, 0.2) is 0 Å². The molecule has 0 saturated carbocycles. The largest absolute Gasteiger partial charge is 0.480 e. The Bertz CT molecular complexity index is 1250. The fraction of sp³-hybridized carbons (Fsp3) is 0.606. The van der Waals surface area contributed by atoms with Crippen LogP contribution in [0.1, 0.15) is 74.3 Å². The van der Waals surface area contributed by atoms with Crippen molar-refractivity contribution in [3.8, 4) is 0 Å². The molecule has 14 nitrogen and oxygen atoms in total. The van der Waals surface area contributed by atoms with Gasteiger partial charge in [0.25, 0.3) is 5.91 Å². The minimum absolute atomic E-state index is 0.000680. The molecule has 0 spiro atoms. The lowest BCUT2D eigenvalue weighted by molar-refractivity contribution is -0.144. The Morgan fingerprint density at radius 1 is 0.638 bits per heavy atom. The molecule has 0 heterocycles. The van der Waals surface area contributed by atoms with Crippen LogP contribution in [0, 0.1) is 23.7 Å². The van der Waals surface area contributed by atoms with Crippen molar-refractivity contribution < 1.29 is 43.4 Å². The number of aliphatic carboxylic acids is 1. The predicted octanol–water partition coefficient (Wildman–Crippen LogP) is 1.91. The van der Waals surface area contributed by atoms with Crippen molar-refractivity contribution in [1.29, 1.82) is 0 Å². The summed E-state index contributed by atoms with van der Waals surface area (Å²) in [6.07, 6.45) is -0.687. The summed E-state index contributed by atoms with van der Waals surface area (Å²) in [6, 6.07) is 3.09. The molecule has 262 valence electrons. The molecule has 0 fully saturated rings. The molecule has 1 aromatic carbocycles. The van der Waals surface area contributed by atoms with Gasteiger partial charge in [0.1, 0.15) is 30.8 Å². The maximum Gasteiger partial charge on any atom is 0.408 e. The smallest absolute Gasteiger partial charge is 0.408 e. The highest BCUT2D eigenvalue weighted by atomic mass is 16.5. The fourth-order valence-corrected chi connectivity index (χ4v) is 4.47. The van der Waals surface area contributed by atoms with Crippen molar-refractivity contribution in [2.75, 3.05) is 0 Å². The molecule has 0 saturated heterocycles. The van der Waals surface area contributed by atoms with E-state index in [0.29, 0.717) is 0 Å². The van der Waals surface area contributed by atoms with E-state index in [2.05, 4.69) is 26.6 Å². The highest BCUT2D eigenvalue weighted by molar-refractivity contribution is 6.38. The molecule has 0 aromatic heterocycles. The van der Waals surface area contributed by atoms with E-state index in [-0.39, 0.29) is 24.9 Å². The number of hydrogen-bond acceptors (Lipinski definition) is 8. The van der Waals surface area contributed by atoms with Crippen molar-refractivity contribution in [1.82, 2.24) is 26.6 Å². The number of nitrogens with one attached hydrogen (secondary N) is 5. The van der Waals surface area contributed by atoms with Gasteiger partial charge in [-0.25, -0.2) is 9.59 Å². The number of carbonyl (C=O) groups excluding carboxylic acids is 6. The molecule has 0 radical (unpaired) electrons.